The summed E-state index contributed by atoms with van der Waals surface area (Å²) in [4.78, 5) is 12.1. The van der Waals surface area contributed by atoms with Crippen molar-refractivity contribution >= 4 is 75.4 Å². The molecule has 2 aromatic carbocycles. The van der Waals surface area contributed by atoms with Gasteiger partial charge >= 0.3 is 0 Å². The molecule has 0 saturated heterocycles. The maximum absolute atomic E-state index is 12.1. The van der Waals surface area contributed by atoms with Crippen molar-refractivity contribution in [2.24, 2.45) is 0 Å². The second kappa shape index (κ2) is 9.71. The van der Waals surface area contributed by atoms with Gasteiger partial charge in [0.15, 0.2) is 0 Å². The van der Waals surface area contributed by atoms with Gasteiger partial charge in [-0.3, -0.25) is 4.79 Å². The molecule has 2 N–H and O–H groups in total. The number of amides is 1. The highest BCUT2D eigenvalue weighted by Crippen LogP contribution is 2.33. The third-order valence-corrected chi connectivity index (χ3v) is 5.18. The van der Waals surface area contributed by atoms with Crippen LogP contribution in [0.3, 0.4) is 0 Å². The Morgan fingerprint density at radius 1 is 1.04 bits per heavy atom. The summed E-state index contributed by atoms with van der Waals surface area (Å²) in [6.07, 6.45) is 0. The van der Waals surface area contributed by atoms with E-state index in [4.69, 9.17) is 50.8 Å². The number of aromatic nitrogens is 2. The van der Waals surface area contributed by atoms with Gasteiger partial charge in [-0.25, -0.2) is 0 Å². The van der Waals surface area contributed by atoms with Gasteiger partial charge in [-0.2, -0.15) is 0 Å². The minimum Gasteiger partial charge on any atom is -0.414 e. The van der Waals surface area contributed by atoms with E-state index in [0.717, 1.165) is 17.4 Å². The van der Waals surface area contributed by atoms with Crippen LogP contribution >= 0.6 is 58.2 Å². The van der Waals surface area contributed by atoms with Gasteiger partial charge in [-0.05, 0) is 30.3 Å². The normalized spacial score (nSPS) is 10.7. The number of hydrogen-bond donors (Lipinski definition) is 2. The van der Waals surface area contributed by atoms with Crippen LogP contribution in [0.1, 0.15) is 5.89 Å². The van der Waals surface area contributed by atoms with Crippen molar-refractivity contribution < 1.29 is 9.21 Å². The lowest BCUT2D eigenvalue weighted by Crippen LogP contribution is -2.14. The van der Waals surface area contributed by atoms with Gasteiger partial charge in [0.2, 0.25) is 11.8 Å². The van der Waals surface area contributed by atoms with E-state index < -0.39 is 0 Å². The molecule has 0 unspecified atom stereocenters. The predicted octanol–water partition coefficient (Wildman–Crippen LogP) is 6.03. The first kappa shape index (κ1) is 21.1. The molecule has 1 heterocycles. The van der Waals surface area contributed by atoms with Gasteiger partial charge in [0.25, 0.3) is 5.22 Å². The molecule has 0 aliphatic heterocycles. The number of hydrogen-bond acceptors (Lipinski definition) is 6. The lowest BCUT2D eigenvalue weighted by atomic mass is 10.3. The smallest absolute Gasteiger partial charge is 0.277 e. The Labute approximate surface area is 184 Å². The minimum atomic E-state index is -0.326. The van der Waals surface area contributed by atoms with Crippen LogP contribution in [-0.2, 0) is 11.3 Å². The molecular formula is C17H12Cl4N4O2S. The van der Waals surface area contributed by atoms with Gasteiger partial charge in [0.05, 0.1) is 28.0 Å². The molecule has 3 rings (SSSR count). The Kier molecular flexibility index (Phi) is 7.31. The molecule has 0 fully saturated rings. The molecule has 3 aromatic rings. The van der Waals surface area contributed by atoms with Gasteiger partial charge in [-0.1, -0.05) is 64.2 Å². The maximum atomic E-state index is 12.1. The van der Waals surface area contributed by atoms with Crippen molar-refractivity contribution in [1.29, 1.82) is 0 Å². The highest BCUT2D eigenvalue weighted by atomic mass is 35.5. The van der Waals surface area contributed by atoms with Gasteiger partial charge < -0.3 is 15.1 Å². The van der Waals surface area contributed by atoms with E-state index in [0.29, 0.717) is 28.2 Å². The molecule has 146 valence electrons. The zero-order valence-electron chi connectivity index (χ0n) is 14.0. The minimum absolute atomic E-state index is 0.0403. The summed E-state index contributed by atoms with van der Waals surface area (Å²) >= 11 is 25.0. The van der Waals surface area contributed by atoms with E-state index in [1.54, 1.807) is 12.1 Å². The molecule has 0 aliphatic rings. The third kappa shape index (κ3) is 5.93. The SMILES string of the molecule is O=C(CSc1nnc(CNc2cccc(Cl)c2)o1)Nc1c(Cl)cc(Cl)cc1Cl. The number of rotatable bonds is 7. The molecule has 0 saturated carbocycles. The fourth-order valence-electron chi connectivity index (χ4n) is 2.11. The second-order valence-electron chi connectivity index (χ2n) is 5.41. The highest BCUT2D eigenvalue weighted by Gasteiger charge is 2.14. The summed E-state index contributed by atoms with van der Waals surface area (Å²) in [7, 11) is 0. The summed E-state index contributed by atoms with van der Waals surface area (Å²) in [6, 6.07) is 10.3. The lowest BCUT2D eigenvalue weighted by molar-refractivity contribution is -0.113. The van der Waals surface area contributed by atoms with Crippen LogP contribution in [0.2, 0.25) is 20.1 Å². The summed E-state index contributed by atoms with van der Waals surface area (Å²) in [5.74, 6) is 0.0955. The largest absolute Gasteiger partial charge is 0.414 e. The number of benzene rings is 2. The molecule has 1 aromatic heterocycles. The first-order chi connectivity index (χ1) is 13.4. The fourth-order valence-corrected chi connectivity index (χ4v) is 3.79. The first-order valence-corrected chi connectivity index (χ1v) is 10.3. The lowest BCUT2D eigenvalue weighted by Gasteiger charge is -2.09. The Hall–Kier alpha value is -1.64. The maximum Gasteiger partial charge on any atom is 0.277 e. The number of anilines is 2. The monoisotopic (exact) mass is 476 g/mol. The van der Waals surface area contributed by atoms with Crippen molar-refractivity contribution in [3.8, 4) is 0 Å². The topological polar surface area (TPSA) is 80.1 Å². The van der Waals surface area contributed by atoms with Crippen LogP contribution < -0.4 is 10.6 Å². The number of carbonyl (C=O) groups is 1. The van der Waals surface area contributed by atoms with Crippen LogP contribution in [-0.4, -0.2) is 21.9 Å². The number of thioether (sulfide) groups is 1. The van der Waals surface area contributed by atoms with E-state index in [1.807, 2.05) is 12.1 Å². The average molecular weight is 478 g/mol. The van der Waals surface area contributed by atoms with Gasteiger partial charge in [0, 0.05) is 15.7 Å². The van der Waals surface area contributed by atoms with E-state index in [-0.39, 0.29) is 26.9 Å². The zero-order valence-corrected chi connectivity index (χ0v) is 17.8. The number of nitrogens with zero attached hydrogens (tertiary/aromatic N) is 2. The Morgan fingerprint density at radius 2 is 1.79 bits per heavy atom. The van der Waals surface area contributed by atoms with E-state index in [1.165, 1.54) is 12.1 Å². The first-order valence-electron chi connectivity index (χ1n) is 7.80. The van der Waals surface area contributed by atoms with E-state index >= 15 is 0 Å². The van der Waals surface area contributed by atoms with Gasteiger partial charge in [0.1, 0.15) is 0 Å². The molecule has 28 heavy (non-hydrogen) atoms. The van der Waals surface area contributed by atoms with E-state index in [2.05, 4.69) is 20.8 Å². The predicted molar refractivity (Wildman–Crippen MR) is 114 cm³/mol. The van der Waals surface area contributed by atoms with Crippen molar-refractivity contribution in [2.45, 2.75) is 11.8 Å². The van der Waals surface area contributed by atoms with Crippen LogP contribution in [0.5, 0.6) is 0 Å². The van der Waals surface area contributed by atoms with Crippen molar-refractivity contribution in [2.75, 3.05) is 16.4 Å². The molecule has 6 nitrogen and oxygen atoms in total. The second-order valence-corrected chi connectivity index (χ2v) is 8.02. The molecule has 11 heteroatoms. The van der Waals surface area contributed by atoms with Crippen molar-refractivity contribution in [1.82, 2.24) is 10.2 Å². The molecule has 0 aliphatic carbocycles. The standard InChI is InChI=1S/C17H12Cl4N4O2S/c18-9-2-1-3-11(4-9)22-7-15-24-25-17(27-15)28-8-14(26)23-16-12(20)5-10(19)6-13(16)21/h1-6,22H,7-8H2,(H,23,26). The number of halogens is 4. The Bertz CT molecular complexity index is 976. The summed E-state index contributed by atoms with van der Waals surface area (Å²) in [5, 5.41) is 15.4. The van der Waals surface area contributed by atoms with Crippen LogP contribution in [0.25, 0.3) is 0 Å². The molecule has 0 bridgehead atoms. The Balaban J connectivity index is 1.51. The Morgan fingerprint density at radius 3 is 2.50 bits per heavy atom. The summed E-state index contributed by atoms with van der Waals surface area (Å²) < 4.78 is 5.50. The molecule has 1 amide bonds. The van der Waals surface area contributed by atoms with Crippen molar-refractivity contribution in [3.63, 3.8) is 0 Å². The summed E-state index contributed by atoms with van der Waals surface area (Å²) in [5.41, 5.74) is 1.13. The fraction of sp³-hybridized carbons (Fsp3) is 0.118. The third-order valence-electron chi connectivity index (χ3n) is 3.31. The highest BCUT2D eigenvalue weighted by molar-refractivity contribution is 7.99. The van der Waals surface area contributed by atoms with Crippen LogP contribution in [0.4, 0.5) is 11.4 Å². The van der Waals surface area contributed by atoms with Crippen molar-refractivity contribution in [3.05, 3.63) is 62.4 Å². The molecule has 0 atom stereocenters. The number of nitrogens with one attached hydrogen (secondary N) is 2. The molecule has 0 spiro atoms. The molecular weight excluding hydrogens is 466 g/mol. The average Bonchev–Trinajstić information content (AvgIpc) is 3.09. The molecule has 0 radical (unpaired) electrons. The zero-order chi connectivity index (χ0) is 20.1. The number of carbonyl (C=O) groups excluding carboxylic acids is 1. The quantitative estimate of drug-likeness (QED) is 0.404. The van der Waals surface area contributed by atoms with Crippen LogP contribution in [0.15, 0.2) is 46.0 Å². The summed E-state index contributed by atoms with van der Waals surface area (Å²) in [6.45, 7) is 0.329. The van der Waals surface area contributed by atoms with Gasteiger partial charge in [-0.15, -0.1) is 10.2 Å². The van der Waals surface area contributed by atoms with E-state index in [9.17, 15) is 4.79 Å². The van der Waals surface area contributed by atoms with Crippen LogP contribution in [0, 0.1) is 0 Å².